The quantitative estimate of drug-likeness (QED) is 0.313. The number of nitrogens with zero attached hydrogens (tertiary/aromatic N) is 8. The highest BCUT2D eigenvalue weighted by atomic mass is 31.2. The summed E-state index contributed by atoms with van der Waals surface area (Å²) in [7, 11) is -6.01. The molecule has 1 unspecified atom stereocenters. The molecule has 2 aliphatic heterocycles. The standard InChI is InChI=1S/C22H27N10O7P2/c1-41(34)37-4-11-2-13(31-9-29-17-19(23)25-7-27-21(17)31)12(11)5-35-40(33)36-6-15-14(39-41)3-16(38-15)32-10-30-18-20(24)26-8-28-22(18)32/h7-16H,2-6H2,1H3,(H2,23,25,27)(H2,24,26,28)/q+1/t11-,12-,13-,14+,15-,16-,41+/m1/s1. The Morgan fingerprint density at radius 2 is 1.54 bits per heavy atom. The molecule has 2 saturated heterocycles. The summed E-state index contributed by atoms with van der Waals surface area (Å²) in [6, 6.07) is -0.0834. The average molecular weight is 605 g/mol. The first-order valence-electron chi connectivity index (χ1n) is 12.9. The highest BCUT2D eigenvalue weighted by Gasteiger charge is 2.48. The van der Waals surface area contributed by atoms with E-state index in [0.29, 0.717) is 28.7 Å². The van der Waals surface area contributed by atoms with Gasteiger partial charge in [0.15, 0.2) is 22.9 Å². The van der Waals surface area contributed by atoms with Crippen molar-refractivity contribution in [2.24, 2.45) is 11.8 Å². The second-order valence-corrected chi connectivity index (χ2v) is 13.3. The highest BCUT2D eigenvalue weighted by Crippen LogP contribution is 2.53. The molecule has 3 aliphatic rings. The zero-order chi connectivity index (χ0) is 28.3. The van der Waals surface area contributed by atoms with Gasteiger partial charge in [-0.2, -0.15) is 0 Å². The zero-order valence-electron chi connectivity index (χ0n) is 21.8. The van der Waals surface area contributed by atoms with Gasteiger partial charge in [0.2, 0.25) is 0 Å². The zero-order valence-corrected chi connectivity index (χ0v) is 23.6. The van der Waals surface area contributed by atoms with E-state index < -0.39 is 34.3 Å². The topological polar surface area (TPSA) is 220 Å². The molecule has 8 atom stereocenters. The van der Waals surface area contributed by atoms with Gasteiger partial charge >= 0.3 is 15.9 Å². The van der Waals surface area contributed by atoms with Crippen LogP contribution in [0.2, 0.25) is 0 Å². The number of imidazole rings is 2. The van der Waals surface area contributed by atoms with Crippen molar-refractivity contribution < 1.29 is 32.0 Å². The van der Waals surface area contributed by atoms with Crippen molar-refractivity contribution in [3.63, 3.8) is 0 Å². The van der Waals surface area contributed by atoms with Crippen molar-refractivity contribution in [3.05, 3.63) is 25.3 Å². The van der Waals surface area contributed by atoms with E-state index in [4.69, 9.17) is 34.3 Å². The van der Waals surface area contributed by atoms with Crippen LogP contribution in [-0.2, 0) is 32.0 Å². The van der Waals surface area contributed by atoms with E-state index in [-0.39, 0.29) is 55.8 Å². The summed E-state index contributed by atoms with van der Waals surface area (Å²) in [6.07, 6.45) is 4.88. The maximum absolute atomic E-state index is 13.5. The van der Waals surface area contributed by atoms with E-state index in [1.165, 1.54) is 19.3 Å². The molecule has 7 rings (SSSR count). The number of nitrogen functional groups attached to an aromatic ring is 2. The first-order chi connectivity index (χ1) is 19.8. The van der Waals surface area contributed by atoms with Crippen LogP contribution in [0.1, 0.15) is 25.1 Å². The molecule has 0 aromatic carbocycles. The Morgan fingerprint density at radius 3 is 2.27 bits per heavy atom. The Bertz CT molecular complexity index is 1680. The van der Waals surface area contributed by atoms with E-state index in [2.05, 4.69) is 29.9 Å². The molecule has 0 radical (unpaired) electrons. The van der Waals surface area contributed by atoms with E-state index in [9.17, 15) is 9.13 Å². The van der Waals surface area contributed by atoms with Crippen LogP contribution in [0.3, 0.4) is 0 Å². The normalized spacial score (nSPS) is 33.8. The fourth-order valence-corrected chi connectivity index (χ4v) is 7.56. The fourth-order valence-electron chi connectivity index (χ4n) is 5.69. The van der Waals surface area contributed by atoms with Crippen LogP contribution >= 0.6 is 15.9 Å². The Morgan fingerprint density at radius 1 is 0.878 bits per heavy atom. The fraction of sp³-hybridized carbons (Fsp3) is 0.545. The molecule has 4 N–H and O–H groups in total. The average Bonchev–Trinajstić information content (AvgIpc) is 3.64. The van der Waals surface area contributed by atoms with Crippen LogP contribution in [0.15, 0.2) is 25.3 Å². The number of hydrogen-bond donors (Lipinski definition) is 2. The van der Waals surface area contributed by atoms with Gasteiger partial charge in [0.05, 0.1) is 19.3 Å². The van der Waals surface area contributed by atoms with E-state index in [0.717, 1.165) is 0 Å². The van der Waals surface area contributed by atoms with Gasteiger partial charge in [-0.25, -0.2) is 29.9 Å². The minimum atomic E-state index is -3.53. The molecular formula is C22H27N10O7P2+. The molecule has 0 bridgehead atoms. The Hall–Kier alpha value is -3.17. The van der Waals surface area contributed by atoms with Crippen molar-refractivity contribution >= 4 is 49.8 Å². The van der Waals surface area contributed by atoms with Crippen LogP contribution in [0.25, 0.3) is 22.3 Å². The number of aromatic nitrogens is 8. The SMILES string of the molecule is C[P@]1(=O)OC[C@H]2C[C@@H](n3cnc4c(N)ncnc43)[C@@H]2CO[P+](=O)OC[C@H]2O[C@@H](n3cnc4c(N)ncnc43)C[C@@H]2O1. The van der Waals surface area contributed by atoms with E-state index in [1.54, 1.807) is 17.2 Å². The van der Waals surface area contributed by atoms with Crippen LogP contribution < -0.4 is 11.5 Å². The third-order valence-electron chi connectivity index (χ3n) is 7.83. The maximum Gasteiger partial charge on any atom is 0.697 e. The lowest BCUT2D eigenvalue weighted by Gasteiger charge is -2.44. The minimum absolute atomic E-state index is 0.0523. The summed E-state index contributed by atoms with van der Waals surface area (Å²) in [5, 5.41) is 0. The predicted molar refractivity (Wildman–Crippen MR) is 142 cm³/mol. The van der Waals surface area contributed by atoms with Crippen LogP contribution in [-0.4, -0.2) is 77.7 Å². The molecule has 1 saturated carbocycles. The minimum Gasteiger partial charge on any atom is -0.382 e. The summed E-state index contributed by atoms with van der Waals surface area (Å²) in [5.41, 5.74) is 13.9. The summed E-state index contributed by atoms with van der Waals surface area (Å²) in [6.45, 7) is 1.58. The van der Waals surface area contributed by atoms with Gasteiger partial charge in [0.25, 0.3) is 0 Å². The summed E-state index contributed by atoms with van der Waals surface area (Å²) < 4.78 is 59.1. The lowest BCUT2D eigenvalue weighted by atomic mass is 9.70. The van der Waals surface area contributed by atoms with Gasteiger partial charge < -0.3 is 29.8 Å². The van der Waals surface area contributed by atoms with Crippen molar-refractivity contribution in [1.82, 2.24) is 39.0 Å². The van der Waals surface area contributed by atoms with Gasteiger partial charge in [-0.1, -0.05) is 0 Å². The molecule has 4 aromatic rings. The molecule has 6 heterocycles. The van der Waals surface area contributed by atoms with Gasteiger partial charge in [-0.05, 0) is 12.3 Å². The Balaban J connectivity index is 1.10. The first-order valence-corrected chi connectivity index (χ1v) is 16.0. The van der Waals surface area contributed by atoms with Crippen molar-refractivity contribution in [1.29, 1.82) is 0 Å². The molecule has 1 aliphatic carbocycles. The lowest BCUT2D eigenvalue weighted by molar-refractivity contribution is -0.0366. The lowest BCUT2D eigenvalue weighted by Crippen LogP contribution is -2.43. The molecule has 216 valence electrons. The van der Waals surface area contributed by atoms with Gasteiger partial charge in [-0.15, -0.1) is 9.05 Å². The summed E-state index contributed by atoms with van der Waals surface area (Å²) in [4.78, 5) is 25.2. The summed E-state index contributed by atoms with van der Waals surface area (Å²) in [5.74, 6) is 0.331. The van der Waals surface area contributed by atoms with Crippen LogP contribution in [0.4, 0.5) is 11.6 Å². The molecule has 4 aromatic heterocycles. The van der Waals surface area contributed by atoms with Crippen molar-refractivity contribution in [2.75, 3.05) is 38.0 Å². The molecule has 19 heteroatoms. The number of rotatable bonds is 2. The van der Waals surface area contributed by atoms with Crippen LogP contribution in [0, 0.1) is 11.8 Å². The van der Waals surface area contributed by atoms with Crippen LogP contribution in [0.5, 0.6) is 0 Å². The molecule has 3 fully saturated rings. The highest BCUT2D eigenvalue weighted by molar-refractivity contribution is 7.53. The number of fused-ring (bicyclic) bond motifs is 4. The van der Waals surface area contributed by atoms with Gasteiger partial charge in [0, 0.05) is 29.6 Å². The molecule has 41 heavy (non-hydrogen) atoms. The van der Waals surface area contributed by atoms with Gasteiger partial charge in [-0.3, -0.25) is 9.13 Å². The first kappa shape index (κ1) is 26.7. The largest absolute Gasteiger partial charge is 0.697 e. The van der Waals surface area contributed by atoms with Crippen molar-refractivity contribution in [2.45, 2.75) is 37.3 Å². The Kier molecular flexibility index (Phi) is 6.70. The Labute approximate surface area is 233 Å². The van der Waals surface area contributed by atoms with E-state index >= 15 is 0 Å². The number of hydrogen-bond acceptors (Lipinski definition) is 15. The predicted octanol–water partition coefficient (Wildman–Crippen LogP) is 2.22. The number of ether oxygens (including phenoxy) is 1. The smallest absolute Gasteiger partial charge is 0.382 e. The molecule has 0 spiro atoms. The molecule has 17 nitrogen and oxygen atoms in total. The van der Waals surface area contributed by atoms with Gasteiger partial charge in [0.1, 0.15) is 55.3 Å². The van der Waals surface area contributed by atoms with E-state index in [1.807, 2.05) is 4.57 Å². The second-order valence-electron chi connectivity index (χ2n) is 10.3. The maximum atomic E-state index is 13.5. The summed E-state index contributed by atoms with van der Waals surface area (Å²) >= 11 is 0. The number of nitrogens with two attached hydrogens (primary N) is 2. The second kappa shape index (κ2) is 10.3. The third kappa shape index (κ3) is 4.87. The monoisotopic (exact) mass is 605 g/mol. The molecule has 0 amide bonds. The van der Waals surface area contributed by atoms with Crippen molar-refractivity contribution in [3.8, 4) is 0 Å². The third-order valence-corrected chi connectivity index (χ3v) is 9.82. The number of anilines is 2. The molecular weight excluding hydrogens is 578 g/mol.